The van der Waals surface area contributed by atoms with Crippen LogP contribution in [0.15, 0.2) is 39.8 Å². The van der Waals surface area contributed by atoms with Crippen LogP contribution in [0.4, 0.5) is 0 Å². The lowest BCUT2D eigenvalue weighted by Gasteiger charge is -2.03. The third-order valence-electron chi connectivity index (χ3n) is 3.86. The fourth-order valence-corrected chi connectivity index (χ4v) is 2.61. The van der Waals surface area contributed by atoms with Gasteiger partial charge >= 0.3 is 5.69 Å². The van der Waals surface area contributed by atoms with Gasteiger partial charge in [-0.15, -0.1) is 5.10 Å². The van der Waals surface area contributed by atoms with E-state index >= 15 is 0 Å². The summed E-state index contributed by atoms with van der Waals surface area (Å²) in [4.78, 5) is 28.5. The minimum absolute atomic E-state index is 0.231. The first-order chi connectivity index (χ1) is 12.0. The van der Waals surface area contributed by atoms with Crippen molar-refractivity contribution in [2.75, 3.05) is 6.54 Å². The molecule has 0 bridgehead atoms. The van der Waals surface area contributed by atoms with Crippen LogP contribution in [0.2, 0.25) is 0 Å². The number of pyridine rings is 1. The first kappa shape index (κ1) is 16.7. The van der Waals surface area contributed by atoms with Crippen LogP contribution in [0.5, 0.6) is 0 Å². The minimum atomic E-state index is -0.247. The second-order valence-corrected chi connectivity index (χ2v) is 5.71. The Bertz CT molecular complexity index is 953. The molecule has 3 heterocycles. The molecule has 0 aliphatic heterocycles. The summed E-state index contributed by atoms with van der Waals surface area (Å²) in [6.07, 6.45) is 3.31. The molecule has 25 heavy (non-hydrogen) atoms. The van der Waals surface area contributed by atoms with Gasteiger partial charge in [0.1, 0.15) is 11.5 Å². The molecule has 1 N–H and O–H groups in total. The number of nitrogens with zero attached hydrogens (tertiary/aromatic N) is 4. The third-order valence-corrected chi connectivity index (χ3v) is 3.86. The van der Waals surface area contributed by atoms with Gasteiger partial charge in [0.2, 0.25) is 0 Å². The summed E-state index contributed by atoms with van der Waals surface area (Å²) in [6, 6.07) is 5.32. The Hall–Kier alpha value is -3.16. The molecule has 0 aliphatic rings. The summed E-state index contributed by atoms with van der Waals surface area (Å²) in [5, 5.41) is 7.11. The second kappa shape index (κ2) is 6.76. The highest BCUT2D eigenvalue weighted by Gasteiger charge is 2.15. The van der Waals surface area contributed by atoms with Crippen LogP contribution >= 0.6 is 0 Å². The molecular weight excluding hydrogens is 322 g/mol. The summed E-state index contributed by atoms with van der Waals surface area (Å²) < 4.78 is 8.14. The maximum atomic E-state index is 12.3. The van der Waals surface area contributed by atoms with Gasteiger partial charge in [0, 0.05) is 31.5 Å². The Morgan fingerprint density at radius 3 is 2.80 bits per heavy atom. The van der Waals surface area contributed by atoms with E-state index in [-0.39, 0.29) is 24.7 Å². The van der Waals surface area contributed by atoms with Crippen molar-refractivity contribution >= 4 is 5.91 Å². The smallest absolute Gasteiger partial charge is 0.345 e. The Balaban J connectivity index is 1.69. The predicted molar refractivity (Wildman–Crippen MR) is 91.2 cm³/mol. The van der Waals surface area contributed by atoms with Crippen LogP contribution in [0.25, 0.3) is 11.4 Å². The predicted octanol–water partition coefficient (Wildman–Crippen LogP) is 1.28. The fourth-order valence-electron chi connectivity index (χ4n) is 2.61. The van der Waals surface area contributed by atoms with E-state index in [0.717, 1.165) is 5.56 Å². The van der Waals surface area contributed by atoms with E-state index in [0.29, 0.717) is 22.9 Å². The lowest BCUT2D eigenvalue weighted by atomic mass is 10.2. The standard InChI is InChI=1S/C17H19N5O3/c1-11-9-14(12(2)25-11)16(23)19-7-8-22-17(24)21(3)15(20-22)13-5-4-6-18-10-13/h4-6,9-10H,7-8H2,1-3H3,(H,19,23). The summed E-state index contributed by atoms with van der Waals surface area (Å²) in [7, 11) is 1.66. The maximum absolute atomic E-state index is 12.3. The molecule has 3 aromatic rings. The number of rotatable bonds is 5. The van der Waals surface area contributed by atoms with E-state index in [9.17, 15) is 9.59 Å². The van der Waals surface area contributed by atoms with Crippen molar-refractivity contribution < 1.29 is 9.21 Å². The van der Waals surface area contributed by atoms with E-state index in [1.165, 1.54) is 9.25 Å². The number of nitrogens with one attached hydrogen (secondary N) is 1. The summed E-state index contributed by atoms with van der Waals surface area (Å²) >= 11 is 0. The number of hydrogen-bond acceptors (Lipinski definition) is 5. The number of amides is 1. The second-order valence-electron chi connectivity index (χ2n) is 5.71. The molecule has 0 saturated heterocycles. The quantitative estimate of drug-likeness (QED) is 0.754. The van der Waals surface area contributed by atoms with Crippen LogP contribution in [0.1, 0.15) is 21.9 Å². The molecule has 0 saturated carbocycles. The van der Waals surface area contributed by atoms with Crippen LogP contribution in [-0.4, -0.2) is 31.8 Å². The van der Waals surface area contributed by atoms with Crippen LogP contribution in [0, 0.1) is 13.8 Å². The number of aromatic nitrogens is 4. The Morgan fingerprint density at radius 2 is 2.16 bits per heavy atom. The summed E-state index contributed by atoms with van der Waals surface area (Å²) in [5.74, 6) is 1.56. The molecule has 8 heteroatoms. The van der Waals surface area contributed by atoms with Gasteiger partial charge in [0.05, 0.1) is 12.1 Å². The molecule has 0 radical (unpaired) electrons. The Morgan fingerprint density at radius 1 is 1.36 bits per heavy atom. The molecule has 8 nitrogen and oxygen atoms in total. The van der Waals surface area contributed by atoms with E-state index < -0.39 is 0 Å². The zero-order chi connectivity index (χ0) is 18.0. The lowest BCUT2D eigenvalue weighted by molar-refractivity contribution is 0.0950. The highest BCUT2D eigenvalue weighted by Crippen LogP contribution is 2.13. The van der Waals surface area contributed by atoms with Crippen LogP contribution in [0.3, 0.4) is 0 Å². The Labute approximate surface area is 144 Å². The van der Waals surface area contributed by atoms with Gasteiger partial charge in [-0.05, 0) is 32.0 Å². The normalized spacial score (nSPS) is 10.8. The van der Waals surface area contributed by atoms with E-state index in [1.807, 2.05) is 6.07 Å². The summed E-state index contributed by atoms with van der Waals surface area (Å²) in [5.41, 5.74) is 1.01. The van der Waals surface area contributed by atoms with Crippen molar-refractivity contribution in [1.29, 1.82) is 0 Å². The molecule has 0 fully saturated rings. The first-order valence-electron chi connectivity index (χ1n) is 7.87. The first-order valence-corrected chi connectivity index (χ1v) is 7.87. The molecule has 0 spiro atoms. The van der Waals surface area contributed by atoms with E-state index in [1.54, 1.807) is 45.4 Å². The van der Waals surface area contributed by atoms with Crippen molar-refractivity contribution in [3.05, 3.63) is 58.2 Å². The average Bonchev–Trinajstić information content (AvgIpc) is 3.09. The van der Waals surface area contributed by atoms with Gasteiger partial charge < -0.3 is 9.73 Å². The zero-order valence-corrected chi connectivity index (χ0v) is 14.3. The molecule has 130 valence electrons. The minimum Gasteiger partial charge on any atom is -0.466 e. The molecule has 1 amide bonds. The number of aryl methyl sites for hydroxylation is 2. The fraction of sp³-hybridized carbons (Fsp3) is 0.294. The van der Waals surface area contributed by atoms with Gasteiger partial charge in [-0.1, -0.05) is 0 Å². The number of hydrogen-bond donors (Lipinski definition) is 1. The molecule has 3 rings (SSSR count). The van der Waals surface area contributed by atoms with Crippen LogP contribution < -0.4 is 11.0 Å². The number of carbonyl (C=O) groups is 1. The molecule has 0 aliphatic carbocycles. The van der Waals surface area contributed by atoms with Crippen molar-refractivity contribution in [1.82, 2.24) is 24.6 Å². The van der Waals surface area contributed by atoms with Gasteiger partial charge in [-0.3, -0.25) is 14.3 Å². The molecule has 0 unspecified atom stereocenters. The van der Waals surface area contributed by atoms with Crippen molar-refractivity contribution in [2.24, 2.45) is 7.05 Å². The third kappa shape index (κ3) is 3.37. The summed E-state index contributed by atoms with van der Waals surface area (Å²) in [6.45, 7) is 4.09. The van der Waals surface area contributed by atoms with Gasteiger partial charge in [-0.25, -0.2) is 9.48 Å². The van der Waals surface area contributed by atoms with Gasteiger partial charge in [0.15, 0.2) is 5.82 Å². The maximum Gasteiger partial charge on any atom is 0.345 e. The highest BCUT2D eigenvalue weighted by molar-refractivity contribution is 5.95. The van der Waals surface area contributed by atoms with Crippen molar-refractivity contribution in [3.8, 4) is 11.4 Å². The van der Waals surface area contributed by atoms with E-state index in [2.05, 4.69) is 15.4 Å². The molecular formula is C17H19N5O3. The number of carbonyl (C=O) groups excluding carboxylic acids is 1. The SMILES string of the molecule is Cc1cc(C(=O)NCCn2nc(-c3cccnc3)n(C)c2=O)c(C)o1. The Kier molecular flexibility index (Phi) is 4.51. The topological polar surface area (TPSA) is 95.0 Å². The average molecular weight is 341 g/mol. The largest absolute Gasteiger partial charge is 0.466 e. The van der Waals surface area contributed by atoms with Gasteiger partial charge in [-0.2, -0.15) is 0 Å². The van der Waals surface area contributed by atoms with Crippen molar-refractivity contribution in [3.63, 3.8) is 0 Å². The molecule has 3 aromatic heterocycles. The molecule has 0 aromatic carbocycles. The van der Waals surface area contributed by atoms with Crippen molar-refractivity contribution in [2.45, 2.75) is 20.4 Å². The highest BCUT2D eigenvalue weighted by atomic mass is 16.3. The van der Waals surface area contributed by atoms with Gasteiger partial charge in [0.25, 0.3) is 5.91 Å². The van der Waals surface area contributed by atoms with Crippen LogP contribution in [-0.2, 0) is 13.6 Å². The monoisotopic (exact) mass is 341 g/mol. The number of furan rings is 1. The van der Waals surface area contributed by atoms with E-state index in [4.69, 9.17) is 4.42 Å². The molecule has 0 atom stereocenters. The lowest BCUT2D eigenvalue weighted by Crippen LogP contribution is -2.31. The zero-order valence-electron chi connectivity index (χ0n) is 14.3.